The maximum atomic E-state index is 13.0. The van der Waals surface area contributed by atoms with E-state index in [-0.39, 0.29) is 11.6 Å². The molecule has 0 radical (unpaired) electrons. The van der Waals surface area contributed by atoms with Crippen LogP contribution in [0.2, 0.25) is 0 Å². The van der Waals surface area contributed by atoms with Crippen LogP contribution in [0.3, 0.4) is 0 Å². The fourth-order valence-electron chi connectivity index (χ4n) is 1.81. The smallest absolute Gasteiger partial charge is 0.165 e. The van der Waals surface area contributed by atoms with E-state index >= 15 is 0 Å². The molecule has 2 rings (SSSR count). The van der Waals surface area contributed by atoms with Gasteiger partial charge in [-0.2, -0.15) is 5.10 Å². The van der Waals surface area contributed by atoms with Crippen LogP contribution in [0.25, 0.3) is 0 Å². The van der Waals surface area contributed by atoms with Gasteiger partial charge in [-0.15, -0.1) is 0 Å². The topological polar surface area (TPSA) is 34.9 Å². The van der Waals surface area contributed by atoms with Gasteiger partial charge >= 0.3 is 0 Å². The second kappa shape index (κ2) is 5.12. The van der Waals surface area contributed by atoms with Gasteiger partial charge < -0.3 is 0 Å². The molecule has 0 unspecified atom stereocenters. The zero-order chi connectivity index (χ0) is 13.1. The Labute approximate surface area is 105 Å². The van der Waals surface area contributed by atoms with Gasteiger partial charge in [0.25, 0.3) is 0 Å². The zero-order valence-electron chi connectivity index (χ0n) is 10.5. The number of aryl methyl sites for hydroxylation is 1. The molecule has 0 aliphatic carbocycles. The molecule has 1 aromatic heterocycles. The van der Waals surface area contributed by atoms with Crippen molar-refractivity contribution in [1.29, 1.82) is 0 Å². The molecule has 0 bridgehead atoms. The van der Waals surface area contributed by atoms with Gasteiger partial charge in [-0.1, -0.05) is 13.0 Å². The van der Waals surface area contributed by atoms with E-state index in [0.717, 1.165) is 11.1 Å². The number of hydrogen-bond acceptors (Lipinski definition) is 2. The molecule has 1 aromatic carbocycles. The van der Waals surface area contributed by atoms with Gasteiger partial charge in [-0.05, 0) is 30.2 Å². The summed E-state index contributed by atoms with van der Waals surface area (Å²) in [6.07, 6.45) is 3.78. The van der Waals surface area contributed by atoms with Crippen LogP contribution < -0.4 is 0 Å². The number of aromatic nitrogens is 2. The molecule has 0 fully saturated rings. The predicted octanol–water partition coefficient (Wildman–Crippen LogP) is 2.97. The van der Waals surface area contributed by atoms with E-state index in [1.807, 2.05) is 13.8 Å². The molecule has 0 N–H and O–H groups in total. The minimum atomic E-state index is -0.237. The third kappa shape index (κ3) is 2.64. The van der Waals surface area contributed by atoms with Crippen molar-refractivity contribution in [2.24, 2.45) is 0 Å². The Morgan fingerprint density at radius 2 is 2.22 bits per heavy atom. The summed E-state index contributed by atoms with van der Waals surface area (Å²) in [5.41, 5.74) is 2.50. The van der Waals surface area contributed by atoms with Crippen LogP contribution in [0.1, 0.15) is 34.8 Å². The first-order valence-corrected chi connectivity index (χ1v) is 5.91. The summed E-state index contributed by atoms with van der Waals surface area (Å²) in [6, 6.07) is 4.68. The maximum Gasteiger partial charge on any atom is 0.165 e. The second-order valence-corrected chi connectivity index (χ2v) is 4.27. The van der Waals surface area contributed by atoms with E-state index in [0.29, 0.717) is 18.5 Å². The largest absolute Gasteiger partial charge is 0.294 e. The Bertz CT molecular complexity index is 575. The van der Waals surface area contributed by atoms with Crippen molar-refractivity contribution in [3.63, 3.8) is 0 Å². The van der Waals surface area contributed by atoms with Crippen LogP contribution >= 0.6 is 0 Å². The first-order chi connectivity index (χ1) is 8.60. The molecule has 0 atom stereocenters. The summed E-state index contributed by atoms with van der Waals surface area (Å²) in [5.74, 6) is -0.157. The van der Waals surface area contributed by atoms with E-state index < -0.39 is 0 Å². The lowest BCUT2D eigenvalue weighted by atomic mass is 10.1. The number of carbonyl (C=O) groups is 1. The number of benzene rings is 1. The van der Waals surface area contributed by atoms with Gasteiger partial charge in [0.05, 0.1) is 18.3 Å². The zero-order valence-corrected chi connectivity index (χ0v) is 10.5. The van der Waals surface area contributed by atoms with Crippen molar-refractivity contribution in [3.05, 3.63) is 53.1 Å². The van der Waals surface area contributed by atoms with Gasteiger partial charge in [0.1, 0.15) is 5.82 Å². The minimum Gasteiger partial charge on any atom is -0.294 e. The monoisotopic (exact) mass is 246 g/mol. The highest BCUT2D eigenvalue weighted by atomic mass is 19.1. The molecular weight excluding hydrogens is 231 g/mol. The summed E-state index contributed by atoms with van der Waals surface area (Å²) < 4.78 is 14.7. The Morgan fingerprint density at radius 3 is 2.89 bits per heavy atom. The SMILES string of the molecule is CCC(=O)c1cnn(Cc2ccc(F)cc2C)c1. The van der Waals surface area contributed by atoms with Gasteiger partial charge in [-0.25, -0.2) is 4.39 Å². The Hall–Kier alpha value is -1.97. The molecule has 94 valence electrons. The van der Waals surface area contributed by atoms with Crippen LogP contribution in [0, 0.1) is 12.7 Å². The maximum absolute atomic E-state index is 13.0. The summed E-state index contributed by atoms with van der Waals surface area (Å²) in [7, 11) is 0. The molecule has 0 saturated carbocycles. The lowest BCUT2D eigenvalue weighted by molar-refractivity contribution is 0.0988. The summed E-state index contributed by atoms with van der Waals surface area (Å²) in [4.78, 5) is 11.5. The van der Waals surface area contributed by atoms with E-state index in [1.165, 1.54) is 12.1 Å². The normalized spacial score (nSPS) is 10.6. The van der Waals surface area contributed by atoms with E-state index in [4.69, 9.17) is 0 Å². The van der Waals surface area contributed by atoms with Crippen molar-refractivity contribution in [2.75, 3.05) is 0 Å². The molecule has 0 amide bonds. The highest BCUT2D eigenvalue weighted by molar-refractivity contribution is 5.95. The average Bonchev–Trinajstić information content (AvgIpc) is 2.80. The van der Waals surface area contributed by atoms with Gasteiger partial charge in [0, 0.05) is 12.6 Å². The lowest BCUT2D eigenvalue weighted by Gasteiger charge is -2.05. The molecule has 0 aliphatic heterocycles. The fourth-order valence-corrected chi connectivity index (χ4v) is 1.81. The van der Waals surface area contributed by atoms with Crippen molar-refractivity contribution in [2.45, 2.75) is 26.8 Å². The summed E-state index contributed by atoms with van der Waals surface area (Å²) >= 11 is 0. The van der Waals surface area contributed by atoms with Gasteiger partial charge in [-0.3, -0.25) is 9.48 Å². The number of hydrogen-bond donors (Lipinski definition) is 0. The predicted molar refractivity (Wildman–Crippen MR) is 67.1 cm³/mol. The standard InChI is InChI=1S/C14H15FN2O/c1-3-14(18)12-7-16-17(9-12)8-11-4-5-13(15)6-10(11)2/h4-7,9H,3,8H2,1-2H3. The molecule has 0 aliphatic rings. The highest BCUT2D eigenvalue weighted by Crippen LogP contribution is 2.12. The molecule has 4 heteroatoms. The number of Topliss-reactive ketones (excluding diaryl/α,β-unsaturated/α-hetero) is 1. The Balaban J connectivity index is 2.18. The third-order valence-electron chi connectivity index (χ3n) is 2.91. The first kappa shape index (κ1) is 12.5. The molecule has 1 heterocycles. The third-order valence-corrected chi connectivity index (χ3v) is 2.91. The van der Waals surface area contributed by atoms with Crippen molar-refractivity contribution in [3.8, 4) is 0 Å². The Kier molecular flexibility index (Phi) is 3.55. The number of nitrogens with zero attached hydrogens (tertiary/aromatic N) is 2. The molecule has 3 nitrogen and oxygen atoms in total. The number of carbonyl (C=O) groups excluding carboxylic acids is 1. The number of rotatable bonds is 4. The average molecular weight is 246 g/mol. The Morgan fingerprint density at radius 1 is 1.44 bits per heavy atom. The van der Waals surface area contributed by atoms with E-state index in [9.17, 15) is 9.18 Å². The first-order valence-electron chi connectivity index (χ1n) is 5.91. The molecule has 2 aromatic rings. The second-order valence-electron chi connectivity index (χ2n) is 4.27. The van der Waals surface area contributed by atoms with Crippen molar-refractivity contribution < 1.29 is 9.18 Å². The molecule has 18 heavy (non-hydrogen) atoms. The van der Waals surface area contributed by atoms with Crippen LogP contribution in [0.15, 0.2) is 30.6 Å². The van der Waals surface area contributed by atoms with Crippen molar-refractivity contribution >= 4 is 5.78 Å². The van der Waals surface area contributed by atoms with Crippen LogP contribution in [-0.4, -0.2) is 15.6 Å². The number of ketones is 1. The summed E-state index contributed by atoms with van der Waals surface area (Å²) in [6.45, 7) is 4.23. The fraction of sp³-hybridized carbons (Fsp3) is 0.286. The molecular formula is C14H15FN2O. The van der Waals surface area contributed by atoms with Gasteiger partial charge in [0.2, 0.25) is 0 Å². The highest BCUT2D eigenvalue weighted by Gasteiger charge is 2.07. The van der Waals surface area contributed by atoms with E-state index in [1.54, 1.807) is 23.1 Å². The number of halogens is 1. The van der Waals surface area contributed by atoms with E-state index in [2.05, 4.69) is 5.10 Å². The lowest BCUT2D eigenvalue weighted by Crippen LogP contribution is -2.02. The quantitative estimate of drug-likeness (QED) is 0.777. The van der Waals surface area contributed by atoms with Crippen molar-refractivity contribution in [1.82, 2.24) is 9.78 Å². The van der Waals surface area contributed by atoms with Crippen LogP contribution in [0.4, 0.5) is 4.39 Å². The van der Waals surface area contributed by atoms with Gasteiger partial charge in [0.15, 0.2) is 5.78 Å². The minimum absolute atomic E-state index is 0.0806. The summed E-state index contributed by atoms with van der Waals surface area (Å²) in [5, 5.41) is 4.15. The van der Waals surface area contributed by atoms with Crippen LogP contribution in [0.5, 0.6) is 0 Å². The molecule has 0 saturated heterocycles. The van der Waals surface area contributed by atoms with Crippen LogP contribution in [-0.2, 0) is 6.54 Å². The molecule has 0 spiro atoms.